The minimum atomic E-state index is 0.157. The third kappa shape index (κ3) is 5.74. The van der Waals surface area contributed by atoms with Gasteiger partial charge < -0.3 is 29.3 Å². The maximum atomic E-state index is 12.1. The van der Waals surface area contributed by atoms with E-state index in [1.54, 1.807) is 21.3 Å². The largest absolute Gasteiger partial charge is 0.493 e. The number of quaternary nitrogens is 2. The Morgan fingerprint density at radius 3 is 2.22 bits per heavy atom. The zero-order valence-electron chi connectivity index (χ0n) is 17.3. The first-order valence-electron chi connectivity index (χ1n) is 9.76. The molecule has 7 heteroatoms. The monoisotopic (exact) mass is 381 g/mol. The lowest BCUT2D eigenvalue weighted by Crippen LogP contribution is -3.28. The van der Waals surface area contributed by atoms with Crippen LogP contribution in [0.5, 0.6) is 17.2 Å². The number of hydrogen-bond acceptors (Lipinski definition) is 4. The Bertz CT molecular complexity index is 615. The maximum absolute atomic E-state index is 12.1. The van der Waals surface area contributed by atoms with Gasteiger partial charge in [0.25, 0.3) is 5.91 Å². The van der Waals surface area contributed by atoms with Crippen molar-refractivity contribution in [3.63, 3.8) is 0 Å². The number of nitrogens with one attached hydrogen (secondary N) is 3. The van der Waals surface area contributed by atoms with Crippen molar-refractivity contribution in [2.24, 2.45) is 0 Å². The Labute approximate surface area is 162 Å². The van der Waals surface area contributed by atoms with Crippen molar-refractivity contribution in [2.75, 3.05) is 54.1 Å². The molecule has 27 heavy (non-hydrogen) atoms. The summed E-state index contributed by atoms with van der Waals surface area (Å²) < 4.78 is 16.4. The van der Waals surface area contributed by atoms with E-state index in [9.17, 15) is 4.79 Å². The molecule has 3 N–H and O–H groups in total. The van der Waals surface area contributed by atoms with Crippen LogP contribution in [0.3, 0.4) is 0 Å². The fraction of sp³-hybridized carbons (Fsp3) is 0.650. The van der Waals surface area contributed by atoms with Crippen LogP contribution in [-0.4, -0.2) is 66.0 Å². The van der Waals surface area contributed by atoms with E-state index in [2.05, 4.69) is 12.2 Å². The van der Waals surface area contributed by atoms with E-state index < -0.39 is 0 Å². The minimum Gasteiger partial charge on any atom is -0.493 e. The second kappa shape index (κ2) is 10.4. The molecule has 1 aliphatic rings. The molecule has 0 unspecified atom stereocenters. The highest BCUT2D eigenvalue weighted by Crippen LogP contribution is 2.39. The molecule has 0 spiro atoms. The van der Waals surface area contributed by atoms with Gasteiger partial charge in [-0.2, -0.15) is 0 Å². The Hall–Kier alpha value is -1.99. The van der Waals surface area contributed by atoms with E-state index in [1.165, 1.54) is 9.80 Å². The Morgan fingerprint density at radius 1 is 1.04 bits per heavy atom. The normalized spacial score (nSPS) is 20.6. The van der Waals surface area contributed by atoms with Crippen molar-refractivity contribution in [1.82, 2.24) is 5.32 Å². The van der Waals surface area contributed by atoms with Gasteiger partial charge in [0, 0.05) is 6.04 Å². The van der Waals surface area contributed by atoms with E-state index >= 15 is 0 Å². The smallest absolute Gasteiger partial charge is 0.275 e. The molecular weight excluding hydrogens is 346 g/mol. The molecule has 1 amide bonds. The lowest BCUT2D eigenvalue weighted by atomic mass is 10.1. The number of piperazine rings is 1. The molecule has 1 heterocycles. The Kier molecular flexibility index (Phi) is 8.19. The molecule has 2 rings (SSSR count). The van der Waals surface area contributed by atoms with Gasteiger partial charge in [0.2, 0.25) is 5.75 Å². The number of rotatable bonds is 9. The van der Waals surface area contributed by atoms with Crippen molar-refractivity contribution in [3.8, 4) is 17.2 Å². The molecule has 1 aromatic carbocycles. The van der Waals surface area contributed by atoms with Gasteiger partial charge in [-0.25, -0.2) is 0 Å². The van der Waals surface area contributed by atoms with Crippen LogP contribution in [0.15, 0.2) is 12.1 Å². The van der Waals surface area contributed by atoms with E-state index in [4.69, 9.17) is 14.2 Å². The number of hydrogen-bond donors (Lipinski definition) is 3. The molecule has 1 fully saturated rings. The molecule has 1 saturated heterocycles. The molecule has 1 aromatic rings. The number of ether oxygens (including phenoxy) is 3. The van der Waals surface area contributed by atoms with E-state index in [0.29, 0.717) is 18.0 Å². The van der Waals surface area contributed by atoms with Crippen LogP contribution in [0.1, 0.15) is 25.8 Å². The highest BCUT2D eigenvalue weighted by molar-refractivity contribution is 5.77. The molecule has 0 aliphatic carbocycles. The summed E-state index contributed by atoms with van der Waals surface area (Å²) in [6, 6.07) is 4.23. The van der Waals surface area contributed by atoms with Crippen LogP contribution in [0.2, 0.25) is 0 Å². The summed E-state index contributed by atoms with van der Waals surface area (Å²) in [4.78, 5) is 14.9. The number of carbonyl (C=O) groups is 1. The van der Waals surface area contributed by atoms with Crippen molar-refractivity contribution >= 4 is 5.91 Å². The van der Waals surface area contributed by atoms with Gasteiger partial charge in [0.1, 0.15) is 32.7 Å². The van der Waals surface area contributed by atoms with E-state index in [-0.39, 0.29) is 11.9 Å². The average molecular weight is 382 g/mol. The number of methoxy groups -OCH3 is 3. The van der Waals surface area contributed by atoms with Gasteiger partial charge in [-0.15, -0.1) is 0 Å². The summed E-state index contributed by atoms with van der Waals surface area (Å²) in [6.07, 6.45) is 0.964. The van der Waals surface area contributed by atoms with E-state index in [1.807, 2.05) is 19.1 Å². The molecule has 152 valence electrons. The van der Waals surface area contributed by atoms with Gasteiger partial charge in [-0.3, -0.25) is 4.79 Å². The molecular formula is C20H35N3O4+2. The van der Waals surface area contributed by atoms with Crippen LogP contribution >= 0.6 is 0 Å². The second-order valence-electron chi connectivity index (χ2n) is 7.22. The fourth-order valence-corrected chi connectivity index (χ4v) is 3.54. The van der Waals surface area contributed by atoms with Gasteiger partial charge in [-0.05, 0) is 25.5 Å². The van der Waals surface area contributed by atoms with Crippen LogP contribution in [0, 0.1) is 0 Å². The predicted molar refractivity (Wildman–Crippen MR) is 104 cm³/mol. The third-order valence-electron chi connectivity index (χ3n) is 5.32. The number of benzene rings is 1. The Morgan fingerprint density at radius 2 is 1.67 bits per heavy atom. The molecule has 1 atom stereocenters. The molecule has 1 aliphatic heterocycles. The first kappa shape index (κ1) is 21.3. The highest BCUT2D eigenvalue weighted by atomic mass is 16.5. The third-order valence-corrected chi connectivity index (χ3v) is 5.32. The average Bonchev–Trinajstić information content (AvgIpc) is 2.68. The Balaban J connectivity index is 1.91. The summed E-state index contributed by atoms with van der Waals surface area (Å²) in [5, 5.41) is 3.06. The molecule has 0 radical (unpaired) electrons. The van der Waals surface area contributed by atoms with Gasteiger partial charge in [-0.1, -0.05) is 6.92 Å². The quantitative estimate of drug-likeness (QED) is 0.509. The lowest BCUT2D eigenvalue weighted by molar-refractivity contribution is -1.02. The summed E-state index contributed by atoms with van der Waals surface area (Å²) in [5.74, 6) is 2.22. The van der Waals surface area contributed by atoms with Crippen LogP contribution < -0.4 is 29.3 Å². The number of carbonyl (C=O) groups excluding carboxylic acids is 1. The van der Waals surface area contributed by atoms with E-state index in [0.717, 1.165) is 50.5 Å². The van der Waals surface area contributed by atoms with Gasteiger partial charge in [0.05, 0.1) is 26.9 Å². The second-order valence-corrected chi connectivity index (χ2v) is 7.22. The van der Waals surface area contributed by atoms with Crippen LogP contribution in [0.4, 0.5) is 0 Å². The van der Waals surface area contributed by atoms with Crippen molar-refractivity contribution < 1.29 is 28.8 Å². The fourth-order valence-electron chi connectivity index (χ4n) is 3.54. The lowest BCUT2D eigenvalue weighted by Gasteiger charge is -2.30. The first-order valence-corrected chi connectivity index (χ1v) is 9.76. The van der Waals surface area contributed by atoms with Crippen molar-refractivity contribution in [2.45, 2.75) is 32.9 Å². The predicted octanol–water partition coefficient (Wildman–Crippen LogP) is -1.09. The summed E-state index contributed by atoms with van der Waals surface area (Å²) in [6.45, 7) is 9.63. The van der Waals surface area contributed by atoms with Crippen molar-refractivity contribution in [3.05, 3.63) is 17.7 Å². The van der Waals surface area contributed by atoms with Crippen molar-refractivity contribution in [1.29, 1.82) is 0 Å². The topological polar surface area (TPSA) is 65.7 Å². The molecule has 7 nitrogen and oxygen atoms in total. The molecule has 0 saturated carbocycles. The SMILES string of the molecule is CC[C@H](C)NC(=O)C[NH+]1CC[NH+](Cc2ccc(OC)c(OC)c2OC)CC1. The molecule has 0 aromatic heterocycles. The zero-order valence-corrected chi connectivity index (χ0v) is 17.3. The van der Waals surface area contributed by atoms with Crippen LogP contribution in [-0.2, 0) is 11.3 Å². The minimum absolute atomic E-state index is 0.157. The summed E-state index contributed by atoms with van der Waals surface area (Å²) in [7, 11) is 4.92. The summed E-state index contributed by atoms with van der Waals surface area (Å²) >= 11 is 0. The summed E-state index contributed by atoms with van der Waals surface area (Å²) in [5.41, 5.74) is 1.11. The van der Waals surface area contributed by atoms with Gasteiger partial charge in [0.15, 0.2) is 18.0 Å². The molecule has 0 bridgehead atoms. The zero-order chi connectivity index (χ0) is 19.8. The first-order chi connectivity index (χ1) is 13.0. The number of amides is 1. The highest BCUT2D eigenvalue weighted by Gasteiger charge is 2.27. The standard InChI is InChI=1S/C20H33N3O4/c1-6-15(2)21-18(24)14-23-11-9-22(10-12-23)13-16-7-8-17(25-3)20(27-5)19(16)26-4/h7-8,15H,6,9-14H2,1-5H3,(H,21,24)/p+2/t15-/m0/s1. The van der Waals surface area contributed by atoms with Gasteiger partial charge >= 0.3 is 0 Å². The van der Waals surface area contributed by atoms with Crippen LogP contribution in [0.25, 0.3) is 0 Å². The maximum Gasteiger partial charge on any atom is 0.275 e.